The van der Waals surface area contributed by atoms with E-state index >= 15 is 0 Å². The van der Waals surface area contributed by atoms with Crippen molar-refractivity contribution in [3.05, 3.63) is 33.9 Å². The zero-order valence-corrected chi connectivity index (χ0v) is 13.9. The lowest BCUT2D eigenvalue weighted by Crippen LogP contribution is -2.24. The van der Waals surface area contributed by atoms with Crippen LogP contribution in [0.5, 0.6) is 0 Å². The van der Waals surface area contributed by atoms with Crippen molar-refractivity contribution in [3.8, 4) is 0 Å². The van der Waals surface area contributed by atoms with Crippen LogP contribution in [0.4, 0.5) is 5.82 Å². The summed E-state index contributed by atoms with van der Waals surface area (Å²) in [5.41, 5.74) is 3.35. The molecule has 6 nitrogen and oxygen atoms in total. The minimum Gasteiger partial charge on any atom is -0.371 e. The molecule has 0 unspecified atom stereocenters. The van der Waals surface area contributed by atoms with Crippen LogP contribution in [0.2, 0.25) is 0 Å². The molecule has 2 aromatic heterocycles. The average Bonchev–Trinajstić information content (AvgIpc) is 2.98. The fraction of sp³-hybridized carbons (Fsp3) is 0.500. The molecule has 1 saturated heterocycles. The van der Waals surface area contributed by atoms with E-state index in [0.717, 1.165) is 34.7 Å². The normalized spacial score (nSPS) is 21.7. The molecule has 0 saturated carbocycles. The van der Waals surface area contributed by atoms with E-state index in [1.165, 1.54) is 5.56 Å². The van der Waals surface area contributed by atoms with Crippen molar-refractivity contribution in [3.63, 3.8) is 0 Å². The van der Waals surface area contributed by atoms with Crippen LogP contribution in [0, 0.1) is 13.8 Å². The molecule has 21 heavy (non-hydrogen) atoms. The lowest BCUT2D eigenvalue weighted by atomic mass is 10.0. The minimum absolute atomic E-state index is 0.000523. The monoisotopic (exact) mass is 351 g/mol. The molecular weight excluding hydrogens is 334 g/mol. The Bertz CT molecular complexity index is 657. The number of hydrogen-bond donors (Lipinski definition) is 1. The first-order valence-corrected chi connectivity index (χ1v) is 7.71. The molecule has 0 radical (unpaired) electrons. The van der Waals surface area contributed by atoms with Crippen LogP contribution in [0.3, 0.4) is 0 Å². The second kappa shape index (κ2) is 5.73. The Morgan fingerprint density at radius 3 is 2.90 bits per heavy atom. The van der Waals surface area contributed by atoms with Crippen LogP contribution in [0.15, 0.2) is 17.0 Å². The molecule has 0 spiro atoms. The number of nitrogens with zero attached hydrogens (tertiary/aromatic N) is 4. The Balaban J connectivity index is 1.88. The van der Waals surface area contributed by atoms with Crippen molar-refractivity contribution in [2.45, 2.75) is 32.4 Å². The number of aromatic nitrogens is 4. The summed E-state index contributed by atoms with van der Waals surface area (Å²) in [6.45, 7) is 4.84. The second-order valence-electron chi connectivity index (χ2n) is 5.26. The number of rotatable bonds is 3. The highest BCUT2D eigenvalue weighted by atomic mass is 79.9. The van der Waals surface area contributed by atoms with Gasteiger partial charge in [0.2, 0.25) is 0 Å². The molecule has 3 heterocycles. The van der Waals surface area contributed by atoms with Gasteiger partial charge in [0.1, 0.15) is 18.2 Å². The van der Waals surface area contributed by atoms with Gasteiger partial charge in [0.15, 0.2) is 0 Å². The van der Waals surface area contributed by atoms with Crippen molar-refractivity contribution in [2.75, 3.05) is 11.9 Å². The van der Waals surface area contributed by atoms with Gasteiger partial charge in [-0.25, -0.2) is 9.97 Å². The molecule has 0 amide bonds. The van der Waals surface area contributed by atoms with Gasteiger partial charge in [0, 0.05) is 31.1 Å². The van der Waals surface area contributed by atoms with E-state index in [4.69, 9.17) is 4.74 Å². The quantitative estimate of drug-likeness (QED) is 0.920. The fourth-order valence-electron chi connectivity index (χ4n) is 2.82. The van der Waals surface area contributed by atoms with Crippen LogP contribution in [-0.4, -0.2) is 32.4 Å². The van der Waals surface area contributed by atoms with Crippen molar-refractivity contribution >= 4 is 21.7 Å². The summed E-state index contributed by atoms with van der Waals surface area (Å²) in [5.74, 6) is 0.796. The molecule has 1 N–H and O–H groups in total. The smallest absolute Gasteiger partial charge is 0.144 e. The Kier molecular flexibility index (Phi) is 3.95. The lowest BCUT2D eigenvalue weighted by Gasteiger charge is -2.21. The maximum absolute atomic E-state index is 5.96. The molecule has 2 atom stereocenters. The SMILES string of the molecule is Cc1nn(C)c(C)c1[C@H]1OCC[C@@H]1Nc1ncncc1Br. The second-order valence-corrected chi connectivity index (χ2v) is 6.11. The Morgan fingerprint density at radius 2 is 2.24 bits per heavy atom. The van der Waals surface area contributed by atoms with Crippen molar-refractivity contribution in [2.24, 2.45) is 7.05 Å². The highest BCUT2D eigenvalue weighted by Crippen LogP contribution is 2.35. The van der Waals surface area contributed by atoms with E-state index in [1.54, 1.807) is 12.5 Å². The van der Waals surface area contributed by atoms with E-state index in [9.17, 15) is 0 Å². The molecule has 0 bridgehead atoms. The first-order valence-electron chi connectivity index (χ1n) is 6.91. The van der Waals surface area contributed by atoms with Gasteiger partial charge in [-0.2, -0.15) is 5.10 Å². The van der Waals surface area contributed by atoms with Gasteiger partial charge in [-0.15, -0.1) is 0 Å². The van der Waals surface area contributed by atoms with E-state index in [-0.39, 0.29) is 12.1 Å². The van der Waals surface area contributed by atoms with Gasteiger partial charge in [0.25, 0.3) is 0 Å². The van der Waals surface area contributed by atoms with E-state index < -0.39 is 0 Å². The molecule has 0 aromatic carbocycles. The third-order valence-electron chi connectivity index (χ3n) is 3.93. The zero-order valence-electron chi connectivity index (χ0n) is 12.3. The number of anilines is 1. The summed E-state index contributed by atoms with van der Waals surface area (Å²) in [6.07, 6.45) is 4.22. The molecule has 112 valence electrons. The molecule has 3 rings (SSSR count). The fourth-order valence-corrected chi connectivity index (χ4v) is 3.15. The van der Waals surface area contributed by atoms with Gasteiger partial charge in [-0.1, -0.05) is 0 Å². The van der Waals surface area contributed by atoms with E-state index in [2.05, 4.69) is 43.2 Å². The molecule has 1 aliphatic rings. The largest absolute Gasteiger partial charge is 0.371 e. The highest BCUT2D eigenvalue weighted by Gasteiger charge is 2.34. The summed E-state index contributed by atoms with van der Waals surface area (Å²) in [5, 5.41) is 7.95. The van der Waals surface area contributed by atoms with Crippen LogP contribution < -0.4 is 5.32 Å². The number of ether oxygens (including phenoxy) is 1. The van der Waals surface area contributed by atoms with Gasteiger partial charge in [-0.05, 0) is 36.2 Å². The third-order valence-corrected chi connectivity index (χ3v) is 4.51. The predicted octanol–water partition coefficient (Wildman–Crippen LogP) is 2.53. The summed E-state index contributed by atoms with van der Waals surface area (Å²) in [7, 11) is 1.96. The standard InChI is InChI=1S/C14H18BrN5O/c1-8-12(9(2)20(3)19-8)13-11(4-5-21-13)18-14-10(15)6-16-7-17-14/h6-7,11,13H,4-5H2,1-3H3,(H,16,17,18)/t11-,13-/m0/s1. The van der Waals surface area contributed by atoms with Gasteiger partial charge >= 0.3 is 0 Å². The van der Waals surface area contributed by atoms with Crippen molar-refractivity contribution in [1.82, 2.24) is 19.7 Å². The maximum Gasteiger partial charge on any atom is 0.144 e. The van der Waals surface area contributed by atoms with Crippen molar-refractivity contribution in [1.29, 1.82) is 0 Å². The summed E-state index contributed by atoms with van der Waals surface area (Å²) in [6, 6.07) is 0.179. The predicted molar refractivity (Wildman–Crippen MR) is 83.1 cm³/mol. The first-order chi connectivity index (χ1) is 10.1. The van der Waals surface area contributed by atoms with Crippen LogP contribution in [-0.2, 0) is 11.8 Å². The van der Waals surface area contributed by atoms with Crippen molar-refractivity contribution < 1.29 is 4.74 Å². The summed E-state index contributed by atoms with van der Waals surface area (Å²) in [4.78, 5) is 8.26. The van der Waals surface area contributed by atoms with Gasteiger partial charge < -0.3 is 10.1 Å². The van der Waals surface area contributed by atoms with Crippen LogP contribution in [0.1, 0.15) is 29.5 Å². The van der Waals surface area contributed by atoms with Gasteiger partial charge in [-0.3, -0.25) is 4.68 Å². The number of nitrogens with one attached hydrogen (secondary N) is 1. The third kappa shape index (κ3) is 2.67. The number of aryl methyl sites for hydroxylation is 2. The molecule has 0 aliphatic carbocycles. The number of hydrogen-bond acceptors (Lipinski definition) is 5. The zero-order chi connectivity index (χ0) is 15.0. The summed E-state index contributed by atoms with van der Waals surface area (Å²) < 4.78 is 8.73. The minimum atomic E-state index is 0.000523. The Labute approximate surface area is 132 Å². The topological polar surface area (TPSA) is 64.9 Å². The molecule has 7 heteroatoms. The molecule has 1 fully saturated rings. The maximum atomic E-state index is 5.96. The highest BCUT2D eigenvalue weighted by molar-refractivity contribution is 9.10. The lowest BCUT2D eigenvalue weighted by molar-refractivity contribution is 0.106. The average molecular weight is 352 g/mol. The first kappa shape index (κ1) is 14.5. The molecular formula is C14H18BrN5O. The molecule has 1 aliphatic heterocycles. The Hall–Kier alpha value is -1.47. The van der Waals surface area contributed by atoms with Crippen LogP contribution >= 0.6 is 15.9 Å². The Morgan fingerprint density at radius 1 is 1.43 bits per heavy atom. The van der Waals surface area contributed by atoms with Gasteiger partial charge in [0.05, 0.1) is 16.2 Å². The molecule has 2 aromatic rings. The van der Waals surface area contributed by atoms with Crippen LogP contribution in [0.25, 0.3) is 0 Å². The number of halogens is 1. The summed E-state index contributed by atoms with van der Waals surface area (Å²) >= 11 is 3.47. The van der Waals surface area contributed by atoms with E-state index in [0.29, 0.717) is 0 Å². The van der Waals surface area contributed by atoms with E-state index in [1.807, 2.05) is 18.7 Å².